The summed E-state index contributed by atoms with van der Waals surface area (Å²) in [4.78, 5) is 15.4. The predicted octanol–water partition coefficient (Wildman–Crippen LogP) is 12.6. The summed E-state index contributed by atoms with van der Waals surface area (Å²) in [5.41, 5.74) is 8.00. The van der Waals surface area contributed by atoms with E-state index >= 15 is 0 Å². The fourth-order valence-corrected chi connectivity index (χ4v) is 7.63. The lowest BCUT2D eigenvalue weighted by molar-refractivity contribution is 0.669. The third-order valence-electron chi connectivity index (χ3n) is 10.1. The molecule has 3 heterocycles. The van der Waals surface area contributed by atoms with Crippen molar-refractivity contribution in [2.45, 2.75) is 0 Å². The van der Waals surface area contributed by atoms with Crippen LogP contribution < -0.4 is 0 Å². The molecule has 0 aliphatic heterocycles. The van der Waals surface area contributed by atoms with Crippen LogP contribution in [0.1, 0.15) is 0 Å². The summed E-state index contributed by atoms with van der Waals surface area (Å²) in [6, 6.07) is 56.2. The molecule has 0 fully saturated rings. The Morgan fingerprint density at radius 2 is 0.981 bits per heavy atom. The topological polar surface area (TPSA) is 65.0 Å². The van der Waals surface area contributed by atoms with Gasteiger partial charge in [-0.1, -0.05) is 121 Å². The van der Waals surface area contributed by atoms with Crippen LogP contribution in [0.3, 0.4) is 0 Å². The van der Waals surface area contributed by atoms with Crippen molar-refractivity contribution >= 4 is 65.4 Å². The molecule has 0 spiro atoms. The smallest absolute Gasteiger partial charge is 0.164 e. The molecule has 0 aliphatic rings. The van der Waals surface area contributed by atoms with Gasteiger partial charge in [0.2, 0.25) is 0 Å². The van der Waals surface area contributed by atoms with Crippen LogP contribution in [0, 0.1) is 0 Å². The van der Waals surface area contributed by atoms with Gasteiger partial charge in [0.1, 0.15) is 22.3 Å². The first-order valence-corrected chi connectivity index (χ1v) is 17.3. The Bertz CT molecular complexity index is 3190. The average Bonchev–Trinajstić information content (AvgIpc) is 3.78. The molecule has 0 bridgehead atoms. The third kappa shape index (κ3) is 4.46. The van der Waals surface area contributed by atoms with Gasteiger partial charge in [-0.15, -0.1) is 0 Å². The minimum absolute atomic E-state index is 0.580. The van der Waals surface area contributed by atoms with Crippen molar-refractivity contribution in [3.63, 3.8) is 0 Å². The minimum Gasteiger partial charge on any atom is -0.456 e. The van der Waals surface area contributed by atoms with E-state index in [-0.39, 0.29) is 0 Å². The number of aromatic nitrogens is 3. The maximum atomic E-state index is 6.92. The standard InChI is InChI=1S/C47H27N3O2/c1-2-12-29(13-3-1)45-48-46(33-22-21-28-11-4-5-14-30(28)25-33)50-47(49-45)37-24-23-35(34-18-10-20-40-42(34)36-17-8-9-19-39(36)51-40)44-43(37)38-26-31-15-6-7-16-32(31)27-41(38)52-44/h1-27H. The highest BCUT2D eigenvalue weighted by Crippen LogP contribution is 2.45. The molecule has 0 aliphatic carbocycles. The summed E-state index contributed by atoms with van der Waals surface area (Å²) < 4.78 is 13.2. The van der Waals surface area contributed by atoms with E-state index in [0.29, 0.717) is 17.5 Å². The number of nitrogens with zero attached hydrogens (tertiary/aromatic N) is 3. The Balaban J connectivity index is 1.23. The van der Waals surface area contributed by atoms with Crippen LogP contribution in [0.5, 0.6) is 0 Å². The molecule has 0 atom stereocenters. The van der Waals surface area contributed by atoms with E-state index < -0.39 is 0 Å². The van der Waals surface area contributed by atoms with E-state index in [1.54, 1.807) is 0 Å². The Hall–Kier alpha value is -7.11. The quantitative estimate of drug-likeness (QED) is 0.187. The van der Waals surface area contributed by atoms with Crippen molar-refractivity contribution in [2.24, 2.45) is 0 Å². The number of furan rings is 2. The molecule has 0 radical (unpaired) electrons. The lowest BCUT2D eigenvalue weighted by atomic mass is 9.94. The maximum absolute atomic E-state index is 6.92. The molecule has 0 unspecified atom stereocenters. The number of para-hydroxylation sites is 1. The molecule has 11 aromatic rings. The fourth-order valence-electron chi connectivity index (χ4n) is 7.63. The lowest BCUT2D eigenvalue weighted by Gasteiger charge is -2.11. The van der Waals surface area contributed by atoms with E-state index in [0.717, 1.165) is 87.9 Å². The number of benzene rings is 8. The van der Waals surface area contributed by atoms with Crippen LogP contribution in [-0.4, -0.2) is 15.0 Å². The van der Waals surface area contributed by atoms with Crippen molar-refractivity contribution in [2.75, 3.05) is 0 Å². The van der Waals surface area contributed by atoms with Gasteiger partial charge >= 0.3 is 0 Å². The zero-order chi connectivity index (χ0) is 34.2. The molecule has 0 saturated carbocycles. The molecule has 52 heavy (non-hydrogen) atoms. The summed E-state index contributed by atoms with van der Waals surface area (Å²) in [5, 5.41) is 8.63. The Morgan fingerprint density at radius 3 is 1.83 bits per heavy atom. The van der Waals surface area contributed by atoms with Crippen LogP contribution in [0.15, 0.2) is 173 Å². The first-order chi connectivity index (χ1) is 25.7. The summed E-state index contributed by atoms with van der Waals surface area (Å²) in [5.74, 6) is 1.80. The van der Waals surface area contributed by atoms with Crippen molar-refractivity contribution in [1.29, 1.82) is 0 Å². The molecule has 0 N–H and O–H groups in total. The van der Waals surface area contributed by atoms with Crippen LogP contribution in [0.4, 0.5) is 0 Å². The zero-order valence-electron chi connectivity index (χ0n) is 27.7. The van der Waals surface area contributed by atoms with Crippen LogP contribution in [-0.2, 0) is 0 Å². The molecule has 5 nitrogen and oxygen atoms in total. The summed E-state index contributed by atoms with van der Waals surface area (Å²) >= 11 is 0. The van der Waals surface area contributed by atoms with E-state index in [9.17, 15) is 0 Å². The Morgan fingerprint density at radius 1 is 0.327 bits per heavy atom. The van der Waals surface area contributed by atoms with Gasteiger partial charge in [0.25, 0.3) is 0 Å². The normalized spacial score (nSPS) is 11.8. The number of hydrogen-bond donors (Lipinski definition) is 0. The monoisotopic (exact) mass is 665 g/mol. The first kappa shape index (κ1) is 28.7. The molecule has 0 amide bonds. The highest BCUT2D eigenvalue weighted by molar-refractivity contribution is 6.21. The van der Waals surface area contributed by atoms with Crippen molar-refractivity contribution < 1.29 is 8.83 Å². The Labute approximate surface area is 297 Å². The second-order valence-electron chi connectivity index (χ2n) is 13.2. The molecule has 3 aromatic heterocycles. The van der Waals surface area contributed by atoms with Gasteiger partial charge in [0.05, 0.1) is 0 Å². The molecule has 11 rings (SSSR count). The summed E-state index contributed by atoms with van der Waals surface area (Å²) in [7, 11) is 0. The molecule has 5 heteroatoms. The largest absolute Gasteiger partial charge is 0.456 e. The number of fused-ring (bicyclic) bond motifs is 8. The van der Waals surface area contributed by atoms with Gasteiger partial charge in [-0.2, -0.15) is 0 Å². The van der Waals surface area contributed by atoms with Crippen molar-refractivity contribution in [3.8, 4) is 45.3 Å². The predicted molar refractivity (Wildman–Crippen MR) is 211 cm³/mol. The SMILES string of the molecule is c1ccc(-c2nc(-c3ccc4ccccc4c3)nc(-c3ccc(-c4cccc5oc6ccccc6c45)c4oc5cc6ccccc6cc5c34)n2)cc1. The number of rotatable bonds is 4. The number of hydrogen-bond acceptors (Lipinski definition) is 5. The van der Waals surface area contributed by atoms with Gasteiger partial charge < -0.3 is 8.83 Å². The molecular weight excluding hydrogens is 639 g/mol. The van der Waals surface area contributed by atoms with Gasteiger partial charge in [-0.25, -0.2) is 15.0 Å². The highest BCUT2D eigenvalue weighted by atomic mass is 16.3. The molecule has 242 valence electrons. The van der Waals surface area contributed by atoms with E-state index in [1.165, 1.54) is 5.39 Å². The molecule has 0 saturated heterocycles. The van der Waals surface area contributed by atoms with E-state index in [1.807, 2.05) is 54.6 Å². The van der Waals surface area contributed by atoms with Gasteiger partial charge in [0, 0.05) is 43.8 Å². The summed E-state index contributed by atoms with van der Waals surface area (Å²) in [6.07, 6.45) is 0. The second-order valence-corrected chi connectivity index (χ2v) is 13.2. The first-order valence-electron chi connectivity index (χ1n) is 17.3. The average molecular weight is 666 g/mol. The second kappa shape index (κ2) is 11.2. The van der Waals surface area contributed by atoms with Crippen LogP contribution >= 0.6 is 0 Å². The zero-order valence-corrected chi connectivity index (χ0v) is 27.7. The van der Waals surface area contributed by atoms with Crippen molar-refractivity contribution in [3.05, 3.63) is 164 Å². The van der Waals surface area contributed by atoms with Crippen molar-refractivity contribution in [1.82, 2.24) is 15.0 Å². The van der Waals surface area contributed by atoms with Crippen LogP contribution in [0.25, 0.3) is 111 Å². The van der Waals surface area contributed by atoms with Gasteiger partial charge in [-0.05, 0) is 69.6 Å². The van der Waals surface area contributed by atoms with Gasteiger partial charge in [-0.3, -0.25) is 0 Å². The van der Waals surface area contributed by atoms with E-state index in [4.69, 9.17) is 23.8 Å². The van der Waals surface area contributed by atoms with Crippen LogP contribution in [0.2, 0.25) is 0 Å². The molecular formula is C47H27N3O2. The van der Waals surface area contributed by atoms with Gasteiger partial charge in [0.15, 0.2) is 17.5 Å². The fraction of sp³-hybridized carbons (Fsp3) is 0. The summed E-state index contributed by atoms with van der Waals surface area (Å²) in [6.45, 7) is 0. The lowest BCUT2D eigenvalue weighted by Crippen LogP contribution is -2.00. The third-order valence-corrected chi connectivity index (χ3v) is 10.1. The highest BCUT2D eigenvalue weighted by Gasteiger charge is 2.23. The minimum atomic E-state index is 0.580. The maximum Gasteiger partial charge on any atom is 0.164 e. The van der Waals surface area contributed by atoms with E-state index in [2.05, 4.69) is 109 Å². The Kier molecular flexibility index (Phi) is 6.18. The molecule has 8 aromatic carbocycles.